The van der Waals surface area contributed by atoms with E-state index >= 15 is 0 Å². The van der Waals surface area contributed by atoms with E-state index in [4.69, 9.17) is 11.6 Å². The van der Waals surface area contributed by atoms with Crippen molar-refractivity contribution >= 4 is 28.6 Å². The zero-order valence-corrected chi connectivity index (χ0v) is 7.93. The number of nitrogens with zero attached hydrogens (tertiary/aromatic N) is 1. The van der Waals surface area contributed by atoms with Crippen LogP contribution in [0.4, 0.5) is 5.69 Å². The molecule has 0 amide bonds. The maximum atomic E-state index is 10.5. The minimum atomic E-state index is -2.24. The lowest BCUT2D eigenvalue weighted by Crippen LogP contribution is -2.19. The molecule has 1 atom stereocenters. The summed E-state index contributed by atoms with van der Waals surface area (Å²) >= 11 is 3.42. The first-order chi connectivity index (χ1) is 5.61. The molecular formula is C7H7ClNO2S-. The number of halogens is 1. The zero-order chi connectivity index (χ0) is 9.14. The van der Waals surface area contributed by atoms with Gasteiger partial charge in [-0.25, -0.2) is 0 Å². The molecule has 5 heteroatoms. The first kappa shape index (κ1) is 9.51. The van der Waals surface area contributed by atoms with Crippen LogP contribution in [0.25, 0.3) is 0 Å². The molecule has 0 aliphatic rings. The summed E-state index contributed by atoms with van der Waals surface area (Å²) < 4.78 is 22.1. The van der Waals surface area contributed by atoms with Crippen LogP contribution in [-0.2, 0) is 11.3 Å². The van der Waals surface area contributed by atoms with Crippen LogP contribution in [0.1, 0.15) is 0 Å². The van der Waals surface area contributed by atoms with E-state index in [0.29, 0.717) is 10.7 Å². The van der Waals surface area contributed by atoms with Gasteiger partial charge in [0.25, 0.3) is 0 Å². The normalized spacial score (nSPS) is 12.6. The van der Waals surface area contributed by atoms with Crippen molar-refractivity contribution in [3.8, 4) is 0 Å². The molecule has 0 aliphatic carbocycles. The third-order valence-electron chi connectivity index (χ3n) is 1.40. The van der Waals surface area contributed by atoms with Gasteiger partial charge in [-0.1, -0.05) is 17.7 Å². The van der Waals surface area contributed by atoms with Crippen LogP contribution in [-0.4, -0.2) is 15.8 Å². The average molecular weight is 205 g/mol. The van der Waals surface area contributed by atoms with Crippen LogP contribution in [0, 0.1) is 0 Å². The van der Waals surface area contributed by atoms with Crippen LogP contribution in [0.15, 0.2) is 24.3 Å². The zero-order valence-electron chi connectivity index (χ0n) is 6.36. The Kier molecular flexibility index (Phi) is 3.08. The fraction of sp³-hybridized carbons (Fsp3) is 0.143. The molecule has 1 rings (SSSR count). The molecule has 1 unspecified atom stereocenters. The summed E-state index contributed by atoms with van der Waals surface area (Å²) in [4.78, 5) is 0. The van der Waals surface area contributed by atoms with Crippen LogP contribution in [0.5, 0.6) is 0 Å². The Hall–Kier alpha value is -0.580. The Bertz CT molecular complexity index is 305. The standard InChI is InChI=1S/C7H8ClNO2S/c1-9(12(10)11)7-4-2-3-6(8)5-7/h2-5H,1H3,(H,10,11)/p-1. The largest absolute Gasteiger partial charge is 0.755 e. The van der Waals surface area contributed by atoms with Crippen molar-refractivity contribution in [1.82, 2.24) is 0 Å². The SMILES string of the molecule is CN(c1cccc(Cl)c1)S(=O)[O-]. The highest BCUT2D eigenvalue weighted by Crippen LogP contribution is 2.18. The van der Waals surface area contributed by atoms with E-state index in [1.165, 1.54) is 7.05 Å². The molecule has 3 nitrogen and oxygen atoms in total. The second-order valence-corrected chi connectivity index (χ2v) is 3.61. The van der Waals surface area contributed by atoms with E-state index < -0.39 is 11.3 Å². The molecule has 0 fully saturated rings. The molecule has 0 N–H and O–H groups in total. The van der Waals surface area contributed by atoms with Crippen molar-refractivity contribution in [2.75, 3.05) is 11.4 Å². The van der Waals surface area contributed by atoms with Gasteiger partial charge in [0.2, 0.25) is 0 Å². The fourth-order valence-electron chi connectivity index (χ4n) is 0.758. The average Bonchev–Trinajstić information content (AvgIpc) is 2.03. The predicted octanol–water partition coefficient (Wildman–Crippen LogP) is 1.57. The molecule has 0 aromatic heterocycles. The van der Waals surface area contributed by atoms with Crippen LogP contribution in [0.2, 0.25) is 5.02 Å². The summed E-state index contributed by atoms with van der Waals surface area (Å²) in [6.07, 6.45) is 0. The quantitative estimate of drug-likeness (QED) is 0.687. The summed E-state index contributed by atoms with van der Waals surface area (Å²) in [6.45, 7) is 0. The number of anilines is 1. The maximum Gasteiger partial charge on any atom is 0.0493 e. The topological polar surface area (TPSA) is 43.4 Å². The Balaban J connectivity index is 2.95. The second-order valence-electron chi connectivity index (χ2n) is 2.19. The van der Waals surface area contributed by atoms with Crippen LogP contribution >= 0.6 is 11.6 Å². The highest BCUT2D eigenvalue weighted by atomic mass is 35.5. The summed E-state index contributed by atoms with van der Waals surface area (Å²) in [5, 5.41) is 0.518. The van der Waals surface area contributed by atoms with E-state index in [2.05, 4.69) is 0 Å². The lowest BCUT2D eigenvalue weighted by molar-refractivity contribution is 0.535. The number of rotatable bonds is 2. The van der Waals surface area contributed by atoms with E-state index in [1.54, 1.807) is 24.3 Å². The minimum Gasteiger partial charge on any atom is -0.755 e. The van der Waals surface area contributed by atoms with E-state index in [-0.39, 0.29) is 0 Å². The van der Waals surface area contributed by atoms with Crippen molar-refractivity contribution in [1.29, 1.82) is 0 Å². The van der Waals surface area contributed by atoms with Crippen molar-refractivity contribution < 1.29 is 8.76 Å². The van der Waals surface area contributed by atoms with Crippen molar-refractivity contribution in [2.24, 2.45) is 0 Å². The van der Waals surface area contributed by atoms with Gasteiger partial charge in [-0.3, -0.25) is 4.21 Å². The first-order valence-electron chi connectivity index (χ1n) is 3.20. The van der Waals surface area contributed by atoms with Gasteiger partial charge in [-0.15, -0.1) is 0 Å². The third-order valence-corrected chi connectivity index (χ3v) is 2.29. The highest BCUT2D eigenvalue weighted by molar-refractivity contribution is 7.80. The number of hydrogen-bond donors (Lipinski definition) is 0. The van der Waals surface area contributed by atoms with Gasteiger partial charge >= 0.3 is 0 Å². The Morgan fingerprint density at radius 3 is 2.75 bits per heavy atom. The van der Waals surface area contributed by atoms with Crippen molar-refractivity contribution in [3.63, 3.8) is 0 Å². The third kappa shape index (κ3) is 2.20. The summed E-state index contributed by atoms with van der Waals surface area (Å²) in [5.74, 6) is 0. The predicted molar refractivity (Wildman–Crippen MR) is 48.8 cm³/mol. The molecule has 0 saturated carbocycles. The van der Waals surface area contributed by atoms with Crippen molar-refractivity contribution in [3.05, 3.63) is 29.3 Å². The summed E-state index contributed by atoms with van der Waals surface area (Å²) in [7, 11) is 1.45. The fourth-order valence-corrected chi connectivity index (χ4v) is 1.23. The summed E-state index contributed by atoms with van der Waals surface area (Å²) in [6, 6.07) is 6.63. The highest BCUT2D eigenvalue weighted by Gasteiger charge is 1.99. The van der Waals surface area contributed by atoms with Gasteiger partial charge in [-0.2, -0.15) is 0 Å². The minimum absolute atomic E-state index is 0.518. The molecule has 0 heterocycles. The molecule has 1 aromatic rings. The van der Waals surface area contributed by atoms with Gasteiger partial charge < -0.3 is 8.86 Å². The van der Waals surface area contributed by atoms with Gasteiger partial charge in [0.1, 0.15) is 0 Å². The molecule has 66 valence electrons. The van der Waals surface area contributed by atoms with Gasteiger partial charge in [-0.05, 0) is 18.2 Å². The Labute approximate surface area is 78.4 Å². The molecule has 0 spiro atoms. The molecular weight excluding hydrogens is 198 g/mol. The molecule has 0 saturated heterocycles. The molecule has 0 aliphatic heterocycles. The van der Waals surface area contributed by atoms with E-state index in [0.717, 1.165) is 4.31 Å². The summed E-state index contributed by atoms with van der Waals surface area (Å²) in [5.41, 5.74) is 0.552. The number of benzene rings is 1. The molecule has 1 aromatic carbocycles. The van der Waals surface area contributed by atoms with Gasteiger partial charge in [0, 0.05) is 29.0 Å². The van der Waals surface area contributed by atoms with Crippen molar-refractivity contribution in [2.45, 2.75) is 0 Å². The maximum absolute atomic E-state index is 10.5. The lowest BCUT2D eigenvalue weighted by atomic mass is 10.3. The van der Waals surface area contributed by atoms with Crippen LogP contribution < -0.4 is 4.31 Å². The number of hydrogen-bond acceptors (Lipinski definition) is 2. The van der Waals surface area contributed by atoms with Gasteiger partial charge in [0.15, 0.2) is 0 Å². The first-order valence-corrected chi connectivity index (χ1v) is 4.61. The van der Waals surface area contributed by atoms with Gasteiger partial charge in [0.05, 0.1) is 0 Å². The smallest absolute Gasteiger partial charge is 0.0493 e. The van der Waals surface area contributed by atoms with E-state index in [1.807, 2.05) is 0 Å². The molecule has 0 bridgehead atoms. The Morgan fingerprint density at radius 1 is 1.58 bits per heavy atom. The van der Waals surface area contributed by atoms with E-state index in [9.17, 15) is 8.76 Å². The monoisotopic (exact) mass is 204 g/mol. The lowest BCUT2D eigenvalue weighted by Gasteiger charge is -2.20. The molecule has 0 radical (unpaired) electrons. The second kappa shape index (κ2) is 3.89. The van der Waals surface area contributed by atoms with Crippen LogP contribution in [0.3, 0.4) is 0 Å². The molecule has 12 heavy (non-hydrogen) atoms. The Morgan fingerprint density at radius 2 is 2.25 bits per heavy atom.